The van der Waals surface area contributed by atoms with Crippen molar-refractivity contribution in [3.05, 3.63) is 47.8 Å². The molecule has 1 aliphatic heterocycles. The molecule has 1 spiro atoms. The number of pyridine rings is 1. The third-order valence-corrected chi connectivity index (χ3v) is 7.49. The fraction of sp³-hybridized carbons (Fsp3) is 0.481. The Balaban J connectivity index is 1.36. The van der Waals surface area contributed by atoms with E-state index in [0.29, 0.717) is 54.1 Å². The van der Waals surface area contributed by atoms with Gasteiger partial charge in [-0.15, -0.1) is 0 Å². The summed E-state index contributed by atoms with van der Waals surface area (Å²) >= 11 is 0. The SMILES string of the molecule is CC(C)(O)[C@H](F)CNC(=O)c1cnc(-c2ccc3cc(C#N)cnn23)cc1NC1CC2(C1)CN(CC(F)(F)F)C2. The summed E-state index contributed by atoms with van der Waals surface area (Å²) in [5, 5.41) is 29.2. The van der Waals surface area contributed by atoms with Gasteiger partial charge >= 0.3 is 6.18 Å². The van der Waals surface area contributed by atoms with Crippen molar-refractivity contribution in [2.24, 2.45) is 5.41 Å². The zero-order valence-electron chi connectivity index (χ0n) is 22.0. The summed E-state index contributed by atoms with van der Waals surface area (Å²) in [6, 6.07) is 8.91. The van der Waals surface area contributed by atoms with Gasteiger partial charge in [-0.3, -0.25) is 14.7 Å². The van der Waals surface area contributed by atoms with Crippen LogP contribution in [-0.2, 0) is 0 Å². The number of nitriles is 1. The average molecular weight is 560 g/mol. The van der Waals surface area contributed by atoms with E-state index >= 15 is 0 Å². The van der Waals surface area contributed by atoms with Crippen LogP contribution in [0.1, 0.15) is 42.6 Å². The van der Waals surface area contributed by atoms with Gasteiger partial charge in [-0.2, -0.15) is 23.5 Å². The maximum atomic E-state index is 14.3. The lowest BCUT2D eigenvalue weighted by Crippen LogP contribution is -2.66. The summed E-state index contributed by atoms with van der Waals surface area (Å²) in [6.45, 7) is 2.05. The lowest BCUT2D eigenvalue weighted by Gasteiger charge is -2.59. The van der Waals surface area contributed by atoms with Crippen molar-refractivity contribution in [1.29, 1.82) is 5.26 Å². The number of amides is 1. The molecule has 2 aliphatic rings. The predicted octanol–water partition coefficient (Wildman–Crippen LogP) is 3.55. The van der Waals surface area contributed by atoms with Crippen molar-refractivity contribution in [1.82, 2.24) is 24.8 Å². The molecule has 3 aromatic heterocycles. The number of rotatable bonds is 8. The maximum Gasteiger partial charge on any atom is 0.401 e. The third kappa shape index (κ3) is 5.73. The molecule has 2 fully saturated rings. The number of aliphatic hydroxyl groups is 1. The van der Waals surface area contributed by atoms with Crippen molar-refractivity contribution >= 4 is 17.1 Å². The highest BCUT2D eigenvalue weighted by atomic mass is 19.4. The quantitative estimate of drug-likeness (QED) is 0.361. The summed E-state index contributed by atoms with van der Waals surface area (Å²) in [5.41, 5.74) is 1.00. The normalized spacial score (nSPS) is 18.1. The highest BCUT2D eigenvalue weighted by Gasteiger charge is 2.54. The standard InChI is InChI=1S/C27H29F4N7O2/c1-25(2,40)23(28)12-34-24(39)19-11-33-21(22-4-3-18-5-16(9-32)10-35-38(18)22)6-20(19)36-17-7-26(8-17)13-37(14-26)15-27(29,30)31/h3-6,10-11,17,23,40H,7-8,12-15H2,1-2H3,(H,33,36)(H,34,39)/t23-/m1/s1. The predicted molar refractivity (Wildman–Crippen MR) is 138 cm³/mol. The Kier molecular flexibility index (Phi) is 6.96. The van der Waals surface area contributed by atoms with Crippen molar-refractivity contribution < 1.29 is 27.5 Å². The minimum absolute atomic E-state index is 0.0690. The molecule has 0 bridgehead atoms. The van der Waals surface area contributed by atoms with E-state index in [-0.39, 0.29) is 17.0 Å². The van der Waals surface area contributed by atoms with E-state index in [1.165, 1.54) is 31.1 Å². The number of likely N-dealkylation sites (tertiary alicyclic amines) is 1. The van der Waals surface area contributed by atoms with E-state index in [1.54, 1.807) is 28.8 Å². The van der Waals surface area contributed by atoms with Crippen LogP contribution in [0, 0.1) is 16.7 Å². The number of nitrogens with zero attached hydrogens (tertiary/aromatic N) is 5. The summed E-state index contributed by atoms with van der Waals surface area (Å²) < 4.78 is 54.0. The minimum atomic E-state index is -4.23. The first-order valence-corrected chi connectivity index (χ1v) is 12.8. The number of halogens is 4. The van der Waals surface area contributed by atoms with E-state index in [4.69, 9.17) is 5.26 Å². The van der Waals surface area contributed by atoms with Gasteiger partial charge in [0.2, 0.25) is 0 Å². The summed E-state index contributed by atoms with van der Waals surface area (Å²) in [4.78, 5) is 18.9. The molecule has 1 amide bonds. The first kappa shape index (κ1) is 27.8. The molecule has 3 aromatic rings. The van der Waals surface area contributed by atoms with Crippen LogP contribution in [0.15, 0.2) is 36.7 Å². The first-order chi connectivity index (χ1) is 18.7. The summed E-state index contributed by atoms with van der Waals surface area (Å²) in [6.07, 6.45) is -1.81. The minimum Gasteiger partial charge on any atom is -0.387 e. The van der Waals surface area contributed by atoms with E-state index in [0.717, 1.165) is 0 Å². The van der Waals surface area contributed by atoms with Crippen LogP contribution in [-0.4, -0.2) is 80.7 Å². The highest BCUT2D eigenvalue weighted by molar-refractivity contribution is 6.00. The molecule has 212 valence electrons. The Hall–Kier alpha value is -3.76. The molecule has 1 saturated heterocycles. The Morgan fingerprint density at radius 1 is 1.25 bits per heavy atom. The van der Waals surface area contributed by atoms with Crippen molar-refractivity contribution in [3.63, 3.8) is 0 Å². The number of carbonyl (C=O) groups excluding carboxylic acids is 1. The Morgan fingerprint density at radius 2 is 1.98 bits per heavy atom. The monoisotopic (exact) mass is 559 g/mol. The molecule has 3 N–H and O–H groups in total. The van der Waals surface area contributed by atoms with E-state index in [2.05, 4.69) is 20.7 Å². The lowest BCUT2D eigenvalue weighted by molar-refractivity contribution is -0.180. The lowest BCUT2D eigenvalue weighted by atomic mass is 9.60. The number of aromatic nitrogens is 3. The van der Waals surface area contributed by atoms with Gasteiger partial charge in [-0.25, -0.2) is 8.91 Å². The van der Waals surface area contributed by atoms with Gasteiger partial charge < -0.3 is 15.7 Å². The van der Waals surface area contributed by atoms with Gasteiger partial charge in [0.15, 0.2) is 0 Å². The van der Waals surface area contributed by atoms with E-state index < -0.39 is 36.9 Å². The van der Waals surface area contributed by atoms with Crippen LogP contribution in [0.25, 0.3) is 16.9 Å². The van der Waals surface area contributed by atoms with Gasteiger partial charge in [0.25, 0.3) is 5.91 Å². The summed E-state index contributed by atoms with van der Waals surface area (Å²) in [5.74, 6) is -0.584. The first-order valence-electron chi connectivity index (χ1n) is 12.8. The highest BCUT2D eigenvalue weighted by Crippen LogP contribution is 2.50. The molecule has 0 radical (unpaired) electrons. The molecule has 13 heteroatoms. The number of hydrogen-bond donors (Lipinski definition) is 3. The van der Waals surface area contributed by atoms with Crippen molar-refractivity contribution in [3.8, 4) is 17.5 Å². The van der Waals surface area contributed by atoms with Gasteiger partial charge in [-0.05, 0) is 56.4 Å². The van der Waals surface area contributed by atoms with Crippen LogP contribution in [0.3, 0.4) is 0 Å². The van der Waals surface area contributed by atoms with Gasteiger partial charge in [0.05, 0.1) is 58.6 Å². The molecule has 1 atom stereocenters. The molecule has 0 unspecified atom stereocenters. The molecule has 1 saturated carbocycles. The number of nitrogens with one attached hydrogen (secondary N) is 2. The number of hydrogen-bond acceptors (Lipinski definition) is 7. The zero-order chi connectivity index (χ0) is 28.9. The van der Waals surface area contributed by atoms with Crippen LogP contribution in [0.5, 0.6) is 0 Å². The number of fused-ring (bicyclic) bond motifs is 1. The molecule has 9 nitrogen and oxygen atoms in total. The molecule has 4 heterocycles. The smallest absolute Gasteiger partial charge is 0.387 e. The largest absolute Gasteiger partial charge is 0.401 e. The fourth-order valence-corrected chi connectivity index (χ4v) is 5.51. The average Bonchev–Trinajstić information content (AvgIpc) is 3.26. The third-order valence-electron chi connectivity index (χ3n) is 7.49. The fourth-order valence-electron chi connectivity index (χ4n) is 5.51. The van der Waals surface area contributed by atoms with E-state index in [9.17, 15) is 27.5 Å². The maximum absolute atomic E-state index is 14.3. The van der Waals surface area contributed by atoms with Gasteiger partial charge in [0, 0.05) is 25.3 Å². The molecular formula is C27H29F4N7O2. The van der Waals surface area contributed by atoms with Gasteiger partial charge in [-0.1, -0.05) is 0 Å². The number of carbonyl (C=O) groups is 1. The Labute approximate surface area is 227 Å². The zero-order valence-corrected chi connectivity index (χ0v) is 22.0. The van der Waals surface area contributed by atoms with E-state index in [1.807, 2.05) is 6.07 Å². The Morgan fingerprint density at radius 3 is 2.62 bits per heavy atom. The van der Waals surface area contributed by atoms with Crippen LogP contribution in [0.4, 0.5) is 23.2 Å². The topological polar surface area (TPSA) is 119 Å². The number of anilines is 1. The second kappa shape index (κ2) is 10.0. The molecular weight excluding hydrogens is 530 g/mol. The van der Waals surface area contributed by atoms with Gasteiger partial charge in [0.1, 0.15) is 12.2 Å². The summed E-state index contributed by atoms with van der Waals surface area (Å²) in [7, 11) is 0. The molecule has 5 rings (SSSR count). The van der Waals surface area contributed by atoms with Crippen molar-refractivity contribution in [2.45, 2.75) is 50.7 Å². The number of alkyl halides is 4. The molecule has 0 aromatic carbocycles. The van der Waals surface area contributed by atoms with Crippen LogP contribution >= 0.6 is 0 Å². The molecule has 40 heavy (non-hydrogen) atoms. The second-order valence-corrected chi connectivity index (χ2v) is 11.4. The second-order valence-electron chi connectivity index (χ2n) is 11.4. The van der Waals surface area contributed by atoms with Crippen LogP contribution < -0.4 is 10.6 Å². The Bertz CT molecular complexity index is 1460. The molecule has 1 aliphatic carbocycles. The van der Waals surface area contributed by atoms with Crippen molar-refractivity contribution in [2.75, 3.05) is 31.5 Å². The van der Waals surface area contributed by atoms with Crippen LogP contribution in [0.2, 0.25) is 0 Å².